The van der Waals surface area contributed by atoms with Gasteiger partial charge in [0, 0.05) is 18.0 Å². The van der Waals surface area contributed by atoms with Gasteiger partial charge in [-0.1, -0.05) is 30.7 Å². The first-order valence-corrected chi connectivity index (χ1v) is 6.30. The van der Waals surface area contributed by atoms with Crippen molar-refractivity contribution in [1.82, 2.24) is 4.90 Å². The molecule has 1 N–H and O–H groups in total. The minimum absolute atomic E-state index is 0.216. The van der Waals surface area contributed by atoms with Gasteiger partial charge < -0.3 is 10.0 Å². The predicted molar refractivity (Wildman–Crippen MR) is 73.5 cm³/mol. The molecule has 0 saturated heterocycles. The van der Waals surface area contributed by atoms with Crippen LogP contribution in [-0.2, 0) is 6.42 Å². The van der Waals surface area contributed by atoms with Crippen LogP contribution in [0, 0.1) is 5.92 Å². The van der Waals surface area contributed by atoms with E-state index in [1.807, 2.05) is 45.3 Å². The highest BCUT2D eigenvalue weighted by Gasteiger charge is 2.28. The van der Waals surface area contributed by atoms with E-state index in [1.165, 1.54) is 0 Å². The Labute approximate surface area is 109 Å². The van der Waals surface area contributed by atoms with Crippen molar-refractivity contribution >= 4 is 11.6 Å². The van der Waals surface area contributed by atoms with Gasteiger partial charge in [0.2, 0.25) is 0 Å². The average molecular weight is 256 g/mol. The Morgan fingerprint density at radius 3 is 2.29 bits per heavy atom. The van der Waals surface area contributed by atoms with Gasteiger partial charge in [0.15, 0.2) is 0 Å². The molecular weight excluding hydrogens is 234 g/mol. The van der Waals surface area contributed by atoms with Gasteiger partial charge in [0.25, 0.3) is 0 Å². The van der Waals surface area contributed by atoms with E-state index in [2.05, 4.69) is 11.8 Å². The molecule has 0 amide bonds. The fraction of sp³-hybridized carbons (Fsp3) is 0.571. The second-order valence-electron chi connectivity index (χ2n) is 5.32. The average Bonchev–Trinajstić information content (AvgIpc) is 2.20. The second kappa shape index (κ2) is 5.85. The molecule has 1 aromatic rings. The van der Waals surface area contributed by atoms with Crippen LogP contribution < -0.4 is 0 Å². The van der Waals surface area contributed by atoms with Crippen LogP contribution in [0.25, 0.3) is 0 Å². The topological polar surface area (TPSA) is 23.5 Å². The standard InChI is InChI=1S/C14H22ClNO/c1-11(10-16(3)4)14(2,17)9-12-5-7-13(15)8-6-12/h5-8,11,17H,9-10H2,1-4H3/t11-,14-/m1/s1. The third-order valence-electron chi connectivity index (χ3n) is 3.18. The fourth-order valence-corrected chi connectivity index (χ4v) is 2.06. The molecular formula is C14H22ClNO. The maximum absolute atomic E-state index is 10.5. The third kappa shape index (κ3) is 4.66. The van der Waals surface area contributed by atoms with E-state index in [4.69, 9.17) is 11.6 Å². The van der Waals surface area contributed by atoms with Crippen LogP contribution >= 0.6 is 11.6 Å². The van der Waals surface area contributed by atoms with Crippen molar-refractivity contribution in [2.75, 3.05) is 20.6 Å². The highest BCUT2D eigenvalue weighted by atomic mass is 35.5. The lowest BCUT2D eigenvalue weighted by molar-refractivity contribution is -0.00259. The number of aliphatic hydroxyl groups is 1. The van der Waals surface area contributed by atoms with Gasteiger partial charge in [-0.15, -0.1) is 0 Å². The zero-order valence-corrected chi connectivity index (χ0v) is 11.8. The Bertz CT molecular complexity index is 346. The maximum atomic E-state index is 10.5. The smallest absolute Gasteiger partial charge is 0.0697 e. The van der Waals surface area contributed by atoms with E-state index >= 15 is 0 Å². The Kier molecular flexibility index (Phi) is 4.99. The molecule has 17 heavy (non-hydrogen) atoms. The summed E-state index contributed by atoms with van der Waals surface area (Å²) in [6, 6.07) is 7.67. The van der Waals surface area contributed by atoms with Gasteiger partial charge in [-0.25, -0.2) is 0 Å². The fourth-order valence-electron chi connectivity index (χ4n) is 1.93. The first kappa shape index (κ1) is 14.5. The lowest BCUT2D eigenvalue weighted by atomic mass is 9.84. The predicted octanol–water partition coefficient (Wildman–Crippen LogP) is 2.83. The van der Waals surface area contributed by atoms with E-state index < -0.39 is 5.60 Å². The molecule has 0 aliphatic heterocycles. The summed E-state index contributed by atoms with van der Waals surface area (Å²) in [6.07, 6.45) is 0.652. The first-order valence-electron chi connectivity index (χ1n) is 5.93. The van der Waals surface area contributed by atoms with Crippen LogP contribution in [-0.4, -0.2) is 36.2 Å². The maximum Gasteiger partial charge on any atom is 0.0697 e. The zero-order valence-electron chi connectivity index (χ0n) is 11.1. The number of halogens is 1. The van der Waals surface area contributed by atoms with Gasteiger partial charge >= 0.3 is 0 Å². The van der Waals surface area contributed by atoms with Crippen LogP contribution in [0.4, 0.5) is 0 Å². The van der Waals surface area contributed by atoms with Crippen LogP contribution in [0.3, 0.4) is 0 Å². The van der Waals surface area contributed by atoms with Gasteiger partial charge in [0.05, 0.1) is 5.60 Å². The van der Waals surface area contributed by atoms with Crippen LogP contribution in [0.1, 0.15) is 19.4 Å². The van der Waals surface area contributed by atoms with Gasteiger partial charge in [-0.3, -0.25) is 0 Å². The summed E-state index contributed by atoms with van der Waals surface area (Å²) in [5, 5.41) is 11.2. The zero-order chi connectivity index (χ0) is 13.1. The molecule has 0 saturated carbocycles. The molecule has 0 fully saturated rings. The van der Waals surface area contributed by atoms with Crippen molar-refractivity contribution in [1.29, 1.82) is 0 Å². The molecule has 3 heteroatoms. The van der Waals surface area contributed by atoms with Crippen molar-refractivity contribution in [2.45, 2.75) is 25.9 Å². The van der Waals surface area contributed by atoms with E-state index in [0.29, 0.717) is 6.42 Å². The molecule has 1 aromatic carbocycles. The number of hydrogen-bond acceptors (Lipinski definition) is 2. The number of nitrogens with zero attached hydrogens (tertiary/aromatic N) is 1. The molecule has 1 rings (SSSR count). The molecule has 0 aliphatic rings. The van der Waals surface area contributed by atoms with Gasteiger partial charge in [-0.05, 0) is 44.6 Å². The van der Waals surface area contributed by atoms with Gasteiger partial charge in [0.1, 0.15) is 0 Å². The molecule has 0 unspecified atom stereocenters. The van der Waals surface area contributed by atoms with E-state index in [1.54, 1.807) is 0 Å². The minimum atomic E-state index is -0.696. The summed E-state index contributed by atoms with van der Waals surface area (Å²) in [6.45, 7) is 4.85. The largest absolute Gasteiger partial charge is 0.390 e. The Morgan fingerprint density at radius 2 is 1.82 bits per heavy atom. The molecule has 0 aromatic heterocycles. The highest BCUT2D eigenvalue weighted by Crippen LogP contribution is 2.23. The van der Waals surface area contributed by atoms with E-state index in [9.17, 15) is 5.11 Å². The lowest BCUT2D eigenvalue weighted by Gasteiger charge is -2.32. The molecule has 96 valence electrons. The number of rotatable bonds is 5. The molecule has 0 heterocycles. The van der Waals surface area contributed by atoms with Crippen LogP contribution in [0.15, 0.2) is 24.3 Å². The molecule has 2 nitrogen and oxygen atoms in total. The summed E-state index contributed by atoms with van der Waals surface area (Å²) < 4.78 is 0. The second-order valence-corrected chi connectivity index (χ2v) is 5.76. The molecule has 0 bridgehead atoms. The molecule has 0 spiro atoms. The molecule has 2 atom stereocenters. The molecule has 0 aliphatic carbocycles. The summed E-state index contributed by atoms with van der Waals surface area (Å²) in [7, 11) is 4.05. The van der Waals surface area contributed by atoms with Crippen molar-refractivity contribution < 1.29 is 5.11 Å². The Balaban J connectivity index is 2.68. The van der Waals surface area contributed by atoms with Crippen molar-refractivity contribution in [2.24, 2.45) is 5.92 Å². The Morgan fingerprint density at radius 1 is 1.29 bits per heavy atom. The van der Waals surface area contributed by atoms with Crippen LogP contribution in [0.2, 0.25) is 5.02 Å². The number of benzene rings is 1. The Hall–Kier alpha value is -0.570. The van der Waals surface area contributed by atoms with E-state index in [-0.39, 0.29) is 5.92 Å². The quantitative estimate of drug-likeness (QED) is 0.875. The third-order valence-corrected chi connectivity index (χ3v) is 3.43. The molecule has 0 radical (unpaired) electrons. The summed E-state index contributed by atoms with van der Waals surface area (Å²) in [5.74, 6) is 0.216. The van der Waals surface area contributed by atoms with E-state index in [0.717, 1.165) is 17.1 Å². The van der Waals surface area contributed by atoms with Crippen molar-refractivity contribution in [3.63, 3.8) is 0 Å². The normalized spacial score (nSPS) is 16.9. The van der Waals surface area contributed by atoms with Crippen LogP contribution in [0.5, 0.6) is 0 Å². The SMILES string of the molecule is C[C@H](CN(C)C)[C@](C)(O)Cc1ccc(Cl)cc1. The lowest BCUT2D eigenvalue weighted by Crippen LogP contribution is -2.40. The summed E-state index contributed by atoms with van der Waals surface area (Å²) in [4.78, 5) is 2.10. The number of hydrogen-bond donors (Lipinski definition) is 1. The first-order chi connectivity index (χ1) is 7.81. The van der Waals surface area contributed by atoms with Crippen molar-refractivity contribution in [3.05, 3.63) is 34.9 Å². The summed E-state index contributed by atoms with van der Waals surface area (Å²) in [5.41, 5.74) is 0.419. The highest BCUT2D eigenvalue weighted by molar-refractivity contribution is 6.30. The summed E-state index contributed by atoms with van der Waals surface area (Å²) >= 11 is 5.85. The van der Waals surface area contributed by atoms with Crippen molar-refractivity contribution in [3.8, 4) is 0 Å². The van der Waals surface area contributed by atoms with Gasteiger partial charge in [-0.2, -0.15) is 0 Å². The minimum Gasteiger partial charge on any atom is -0.390 e. The monoisotopic (exact) mass is 255 g/mol.